The fraction of sp³-hybridized carbons (Fsp3) is 0.625. The fourth-order valence-corrected chi connectivity index (χ4v) is 8.50. The van der Waals surface area contributed by atoms with Crippen molar-refractivity contribution in [2.75, 3.05) is 25.4 Å². The second kappa shape index (κ2) is 26.0. The Morgan fingerprint density at radius 3 is 2.21 bits per heavy atom. The first-order chi connectivity index (χ1) is 29.1. The van der Waals surface area contributed by atoms with Crippen LogP contribution in [-0.4, -0.2) is 119 Å². The predicted octanol–water partition coefficient (Wildman–Crippen LogP) is -1.01. The molecule has 0 aliphatic carbocycles. The Labute approximate surface area is 359 Å². The number of carbonyl (C=O) groups is 9. The summed E-state index contributed by atoms with van der Waals surface area (Å²) < 4.78 is 0. The van der Waals surface area contributed by atoms with Crippen molar-refractivity contribution in [3.05, 3.63) is 35.9 Å². The zero-order valence-corrected chi connectivity index (χ0v) is 35.8. The molecule has 2 fully saturated rings. The second-order valence-electron chi connectivity index (χ2n) is 15.4. The van der Waals surface area contributed by atoms with E-state index in [0.29, 0.717) is 43.0 Å². The van der Waals surface area contributed by atoms with Crippen molar-refractivity contribution in [3.8, 4) is 0 Å². The number of urea groups is 1. The molecule has 2 saturated heterocycles. The van der Waals surface area contributed by atoms with Crippen molar-refractivity contribution in [2.45, 2.75) is 120 Å². The number of rotatable bonds is 27. The van der Waals surface area contributed by atoms with E-state index < -0.39 is 78.5 Å². The Balaban J connectivity index is 1.34. The number of unbranched alkanes of at least 4 members (excludes halogenated alkanes) is 2. The summed E-state index contributed by atoms with van der Waals surface area (Å²) in [5.41, 5.74) is 7.72. The van der Waals surface area contributed by atoms with Crippen LogP contribution in [0.25, 0.3) is 0 Å². The molecule has 0 aromatic heterocycles. The summed E-state index contributed by atoms with van der Waals surface area (Å²) in [4.78, 5) is 112. The van der Waals surface area contributed by atoms with Gasteiger partial charge in [-0.2, -0.15) is 11.8 Å². The molecule has 1 aromatic rings. The predicted molar refractivity (Wildman–Crippen MR) is 225 cm³/mol. The molecule has 20 nitrogen and oxygen atoms in total. The van der Waals surface area contributed by atoms with Crippen molar-refractivity contribution in [3.63, 3.8) is 0 Å². The minimum Gasteiger partial charge on any atom is -0.368 e. The van der Waals surface area contributed by atoms with Gasteiger partial charge in [0.1, 0.15) is 18.1 Å². The van der Waals surface area contributed by atoms with E-state index in [-0.39, 0.29) is 49.2 Å². The first-order valence-electron chi connectivity index (χ1n) is 20.8. The van der Waals surface area contributed by atoms with E-state index in [0.717, 1.165) is 25.0 Å². The van der Waals surface area contributed by atoms with Crippen molar-refractivity contribution >= 4 is 65.1 Å². The molecule has 8 atom stereocenters. The van der Waals surface area contributed by atoms with Gasteiger partial charge < -0.3 is 48.3 Å². The lowest BCUT2D eigenvalue weighted by molar-refractivity contribution is -0.138. The van der Waals surface area contributed by atoms with Crippen molar-refractivity contribution in [2.24, 2.45) is 17.6 Å². The van der Waals surface area contributed by atoms with Gasteiger partial charge in [0.05, 0.1) is 25.2 Å². The molecule has 2 heterocycles. The third kappa shape index (κ3) is 17.6. The summed E-state index contributed by atoms with van der Waals surface area (Å²) in [6, 6.07) is 5.74. The monoisotopic (exact) mass is 874 g/mol. The summed E-state index contributed by atoms with van der Waals surface area (Å²) >= 11 is 1.84. The van der Waals surface area contributed by atoms with E-state index in [9.17, 15) is 43.2 Å². The number of amides is 10. The van der Waals surface area contributed by atoms with Crippen LogP contribution in [0.1, 0.15) is 84.1 Å². The van der Waals surface area contributed by atoms with Gasteiger partial charge in [0.15, 0.2) is 0 Å². The number of carbonyl (C=O) groups excluding carboxylic acids is 9. The highest BCUT2D eigenvalue weighted by Gasteiger charge is 2.42. The lowest BCUT2D eigenvalue weighted by Crippen LogP contribution is -2.55. The number of nitrogens with two attached hydrogens (primary N) is 1. The number of fused-ring (bicyclic) bond motifs is 1. The van der Waals surface area contributed by atoms with E-state index in [1.165, 1.54) is 12.4 Å². The maximum Gasteiger partial charge on any atom is 0.315 e. The highest BCUT2D eigenvalue weighted by atomic mass is 32.2. The van der Waals surface area contributed by atoms with Gasteiger partial charge in [-0.15, -0.1) is 0 Å². The average Bonchev–Trinajstić information content (AvgIpc) is 3.80. The lowest BCUT2D eigenvalue weighted by Gasteiger charge is -2.26. The summed E-state index contributed by atoms with van der Waals surface area (Å²) in [7, 11) is 0. The first kappa shape index (κ1) is 49.9. The van der Waals surface area contributed by atoms with Gasteiger partial charge in [-0.1, -0.05) is 57.0 Å². The molecule has 2 unspecified atom stereocenters. The average molecular weight is 875 g/mol. The van der Waals surface area contributed by atoms with Crippen LogP contribution in [0.2, 0.25) is 0 Å². The first-order valence-corrected chi connectivity index (χ1v) is 21.8. The summed E-state index contributed by atoms with van der Waals surface area (Å²) in [6.45, 7) is 4.34. The normalized spacial score (nSPS) is 19.0. The van der Waals surface area contributed by atoms with Crippen LogP contribution in [0, 0.1) is 11.8 Å². The van der Waals surface area contributed by atoms with E-state index in [2.05, 4.69) is 42.5 Å². The van der Waals surface area contributed by atoms with Crippen molar-refractivity contribution in [1.29, 1.82) is 0 Å². The van der Waals surface area contributed by atoms with Crippen LogP contribution >= 0.6 is 11.8 Å². The summed E-state index contributed by atoms with van der Waals surface area (Å²) in [6.07, 6.45) is 4.44. The summed E-state index contributed by atoms with van der Waals surface area (Å²) in [5, 5.41) is 30.5. The largest absolute Gasteiger partial charge is 0.368 e. The Kier molecular flexibility index (Phi) is 21.3. The SMILES string of the molecule is CCC(C)C(CC(=O)NO)C(=O)N[C@@H](Cc1ccccc1)C(=O)N[C@@H](C)C(=O)NCC(=O)NCC(=O)N[C@@H](CCCCNC(=O)CCCC[C@@H]1SC[C@@H]2NC(=O)N[C@@H]21)C(N)=O. The molecule has 0 saturated carbocycles. The molecule has 61 heavy (non-hydrogen) atoms. The molecule has 12 N–H and O–H groups in total. The smallest absolute Gasteiger partial charge is 0.315 e. The van der Waals surface area contributed by atoms with Gasteiger partial charge in [0.25, 0.3) is 0 Å². The van der Waals surface area contributed by atoms with Crippen molar-refractivity contribution in [1.82, 2.24) is 48.0 Å². The molecule has 10 amide bonds. The number of hydrogen-bond donors (Lipinski definition) is 11. The molecule has 21 heteroatoms. The fourth-order valence-electron chi connectivity index (χ4n) is 6.96. The van der Waals surface area contributed by atoms with E-state index in [1.807, 2.05) is 18.7 Å². The molecule has 0 spiro atoms. The van der Waals surface area contributed by atoms with Gasteiger partial charge in [-0.25, -0.2) is 10.3 Å². The van der Waals surface area contributed by atoms with Gasteiger partial charge >= 0.3 is 6.03 Å². The minimum atomic E-state index is -1.15. The molecular weight excluding hydrogens is 813 g/mol. The van der Waals surface area contributed by atoms with Crippen LogP contribution in [0.3, 0.4) is 0 Å². The van der Waals surface area contributed by atoms with Gasteiger partial charge in [-0.3, -0.25) is 43.6 Å². The molecule has 0 radical (unpaired) electrons. The third-order valence-corrected chi connectivity index (χ3v) is 12.2. The van der Waals surface area contributed by atoms with Crippen molar-refractivity contribution < 1.29 is 48.4 Å². The molecule has 1 aromatic carbocycles. The number of nitrogens with one attached hydrogen (secondary N) is 9. The van der Waals surface area contributed by atoms with Crippen LogP contribution < -0.4 is 53.7 Å². The van der Waals surface area contributed by atoms with E-state index >= 15 is 0 Å². The van der Waals surface area contributed by atoms with E-state index in [4.69, 9.17) is 10.9 Å². The number of hydrogen-bond acceptors (Lipinski definition) is 11. The van der Waals surface area contributed by atoms with E-state index in [1.54, 1.807) is 37.3 Å². The highest BCUT2D eigenvalue weighted by Crippen LogP contribution is 2.33. The van der Waals surface area contributed by atoms with Gasteiger partial charge in [-0.05, 0) is 50.5 Å². The number of primary amides is 1. The lowest BCUT2D eigenvalue weighted by atomic mass is 9.87. The zero-order chi connectivity index (χ0) is 44.9. The standard InChI is InChI=1S/C40H62N10O10S/c1-4-23(2)26(19-32(52)50-60)38(57)47-28(18-25-12-6-5-7-13-25)39(58)45-24(3)37(56)44-20-33(53)43-21-34(54)46-27(36(41)55)14-10-11-17-42-31(51)16-9-8-15-30-35-29(22-61-30)48-40(59)49-35/h5-7,12-13,23-24,26-30,35,60H,4,8-11,14-22H2,1-3H3,(H2,41,55)(H,42,51)(H,43,53)(H,44,56)(H,45,58)(H,46,54)(H,47,57)(H,50,52)(H2,48,49,59)/t23?,24-,26?,27-,28-,29-,30-,35-/m0/s1. The Morgan fingerprint density at radius 1 is 0.803 bits per heavy atom. The van der Waals surface area contributed by atoms with Crippen LogP contribution in [-0.2, 0) is 44.8 Å². The Morgan fingerprint density at radius 2 is 1.52 bits per heavy atom. The highest BCUT2D eigenvalue weighted by molar-refractivity contribution is 8.00. The van der Waals surface area contributed by atoms with Gasteiger partial charge in [0.2, 0.25) is 47.3 Å². The van der Waals surface area contributed by atoms with Crippen LogP contribution in [0.5, 0.6) is 0 Å². The molecule has 338 valence electrons. The number of benzene rings is 1. The number of hydroxylamine groups is 1. The van der Waals surface area contributed by atoms with Crippen LogP contribution in [0.15, 0.2) is 30.3 Å². The van der Waals surface area contributed by atoms with Gasteiger partial charge in [0, 0.05) is 42.7 Å². The quantitative estimate of drug-likeness (QED) is 0.0220. The number of thioether (sulfide) groups is 1. The maximum absolute atomic E-state index is 13.4. The second-order valence-corrected chi connectivity index (χ2v) is 16.7. The Bertz CT molecular complexity index is 1690. The Hall–Kier alpha value is -5.44. The molecule has 3 rings (SSSR count). The molecule has 2 aliphatic heterocycles. The topological polar surface area (TPSA) is 308 Å². The maximum atomic E-state index is 13.4. The minimum absolute atomic E-state index is 0.0657. The summed E-state index contributed by atoms with van der Waals surface area (Å²) in [5.74, 6) is -5.22. The van der Waals surface area contributed by atoms with Crippen LogP contribution in [0.4, 0.5) is 4.79 Å². The molecule has 2 aliphatic rings. The molecular formula is C40H62N10O10S. The third-order valence-electron chi connectivity index (χ3n) is 10.7. The molecule has 0 bridgehead atoms. The zero-order valence-electron chi connectivity index (χ0n) is 35.0.